The molecular weight excluding hydrogens is 523 g/mol. The van der Waals surface area contributed by atoms with Crippen molar-refractivity contribution in [3.63, 3.8) is 0 Å². The van der Waals surface area contributed by atoms with Gasteiger partial charge in [-0.2, -0.15) is 15.5 Å². The van der Waals surface area contributed by atoms with Gasteiger partial charge in [-0.1, -0.05) is 19.1 Å². The maximum absolute atomic E-state index is 13.4. The zero-order valence-electron chi connectivity index (χ0n) is 23.2. The maximum atomic E-state index is 13.4. The number of hydrogen-bond donors (Lipinski definition) is 2. The van der Waals surface area contributed by atoms with E-state index in [0.717, 1.165) is 23.0 Å². The Bertz CT molecular complexity index is 1620. The number of H-pyrrole nitrogens is 1. The van der Waals surface area contributed by atoms with E-state index in [4.69, 9.17) is 9.72 Å². The first-order chi connectivity index (χ1) is 19.8. The quantitative estimate of drug-likeness (QED) is 0.260. The summed E-state index contributed by atoms with van der Waals surface area (Å²) in [6, 6.07) is 11.3. The molecule has 0 amide bonds. The first-order valence-corrected chi connectivity index (χ1v) is 13.4. The lowest BCUT2D eigenvalue weighted by Crippen LogP contribution is -2.42. The smallest absolute Gasteiger partial charge is 0.164 e. The third-order valence-electron chi connectivity index (χ3n) is 7.59. The Hall–Kier alpha value is -4.69. The van der Waals surface area contributed by atoms with Crippen molar-refractivity contribution in [3.05, 3.63) is 83.3 Å². The number of halogens is 1. The van der Waals surface area contributed by atoms with Gasteiger partial charge in [0, 0.05) is 37.9 Å². The standard InChI is InChI=1S/C30H31FN8O2/c1-19(23-6-9-28(33-16-23)39-18-24(31)17-34-39)4-7-25(40)30(41-3)12-10-21(11-13-30)29-22(15-32)5-8-26(36-29)35-27-14-20(2)37-38-27/h5-6,8-10,14,16-19H,4,7,11-13H2,1-3H3,(H2,35,36,37,38)/t19-,30?/m1/s1. The van der Waals surface area contributed by atoms with Gasteiger partial charge in [0.1, 0.15) is 17.5 Å². The van der Waals surface area contributed by atoms with Gasteiger partial charge < -0.3 is 10.1 Å². The number of carbonyl (C=O) groups excluding carboxylic acids is 1. The lowest BCUT2D eigenvalue weighted by atomic mass is 9.78. The molecule has 4 aromatic rings. The van der Waals surface area contributed by atoms with Crippen LogP contribution in [0, 0.1) is 24.1 Å². The predicted octanol–water partition coefficient (Wildman–Crippen LogP) is 5.55. The van der Waals surface area contributed by atoms with Gasteiger partial charge in [-0.05, 0) is 61.4 Å². The number of hydrogen-bond acceptors (Lipinski definition) is 8. The molecule has 0 saturated heterocycles. The average molecular weight is 555 g/mol. The topological polar surface area (TPSA) is 134 Å². The van der Waals surface area contributed by atoms with Gasteiger partial charge in [0.15, 0.2) is 23.2 Å². The van der Waals surface area contributed by atoms with E-state index in [9.17, 15) is 14.4 Å². The number of anilines is 2. The maximum Gasteiger partial charge on any atom is 0.164 e. The number of methoxy groups -OCH3 is 1. The molecule has 0 saturated carbocycles. The van der Waals surface area contributed by atoms with Crippen LogP contribution in [0.25, 0.3) is 11.4 Å². The molecule has 5 rings (SSSR count). The molecule has 0 radical (unpaired) electrons. The van der Waals surface area contributed by atoms with E-state index in [0.29, 0.717) is 60.8 Å². The third-order valence-corrected chi connectivity index (χ3v) is 7.59. The number of aromatic amines is 1. The Morgan fingerprint density at radius 1 is 1.29 bits per heavy atom. The number of aryl methyl sites for hydroxylation is 1. The Morgan fingerprint density at radius 2 is 2.15 bits per heavy atom. The summed E-state index contributed by atoms with van der Waals surface area (Å²) < 4.78 is 20.5. The van der Waals surface area contributed by atoms with Crippen LogP contribution in [0.2, 0.25) is 0 Å². The highest BCUT2D eigenvalue weighted by molar-refractivity contribution is 5.89. The largest absolute Gasteiger partial charge is 0.370 e. The highest BCUT2D eigenvalue weighted by atomic mass is 19.1. The number of nitrogens with zero attached hydrogens (tertiary/aromatic N) is 6. The van der Waals surface area contributed by atoms with Crippen molar-refractivity contribution in [1.29, 1.82) is 5.26 Å². The van der Waals surface area contributed by atoms with Gasteiger partial charge in [0.05, 0.1) is 23.7 Å². The highest BCUT2D eigenvalue weighted by Crippen LogP contribution is 2.38. The molecule has 2 N–H and O–H groups in total. The first kappa shape index (κ1) is 27.9. The van der Waals surface area contributed by atoms with E-state index in [1.54, 1.807) is 31.5 Å². The zero-order valence-corrected chi connectivity index (χ0v) is 23.2. The van der Waals surface area contributed by atoms with Gasteiger partial charge in [-0.3, -0.25) is 9.89 Å². The van der Waals surface area contributed by atoms with Crippen molar-refractivity contribution in [1.82, 2.24) is 29.9 Å². The summed E-state index contributed by atoms with van der Waals surface area (Å²) >= 11 is 0. The summed E-state index contributed by atoms with van der Waals surface area (Å²) in [4.78, 5) is 22.5. The minimum Gasteiger partial charge on any atom is -0.370 e. The minimum absolute atomic E-state index is 0.0523. The minimum atomic E-state index is -0.912. The Morgan fingerprint density at radius 3 is 2.76 bits per heavy atom. The molecule has 2 atom stereocenters. The molecule has 0 fully saturated rings. The molecule has 4 heterocycles. The summed E-state index contributed by atoms with van der Waals surface area (Å²) in [5, 5.41) is 23.9. The van der Waals surface area contributed by atoms with Crippen molar-refractivity contribution in [3.8, 4) is 11.9 Å². The van der Waals surface area contributed by atoms with Crippen molar-refractivity contribution < 1.29 is 13.9 Å². The number of carbonyl (C=O) groups is 1. The lowest BCUT2D eigenvalue weighted by molar-refractivity contribution is -0.142. The summed E-state index contributed by atoms with van der Waals surface area (Å²) in [7, 11) is 1.58. The van der Waals surface area contributed by atoms with Crippen LogP contribution in [0.3, 0.4) is 0 Å². The summed E-state index contributed by atoms with van der Waals surface area (Å²) in [5.41, 5.74) is 2.99. The summed E-state index contributed by atoms with van der Waals surface area (Å²) in [5.74, 6) is 1.47. The summed E-state index contributed by atoms with van der Waals surface area (Å²) in [6.07, 6.45) is 8.57. The van der Waals surface area contributed by atoms with E-state index in [2.05, 4.69) is 38.6 Å². The number of ketones is 1. The highest BCUT2D eigenvalue weighted by Gasteiger charge is 2.39. The molecular formula is C30H31FN8O2. The van der Waals surface area contributed by atoms with Crippen LogP contribution in [0.15, 0.2) is 55.0 Å². The Balaban J connectivity index is 1.24. The van der Waals surface area contributed by atoms with Gasteiger partial charge >= 0.3 is 0 Å². The van der Waals surface area contributed by atoms with Gasteiger partial charge in [-0.15, -0.1) is 0 Å². The van der Waals surface area contributed by atoms with E-state index in [1.807, 2.05) is 25.1 Å². The fraction of sp³-hybridized carbons (Fsp3) is 0.333. The molecule has 11 heteroatoms. The van der Waals surface area contributed by atoms with Crippen LogP contribution in [0.5, 0.6) is 0 Å². The number of rotatable bonds is 10. The second-order valence-corrected chi connectivity index (χ2v) is 10.3. The van der Waals surface area contributed by atoms with Gasteiger partial charge in [0.25, 0.3) is 0 Å². The van der Waals surface area contributed by atoms with Crippen LogP contribution in [-0.4, -0.2) is 48.4 Å². The molecule has 0 spiro atoms. The number of Topliss-reactive ketones (excluding diaryl/α,β-unsaturated/α-hetero) is 1. The van der Waals surface area contributed by atoms with Crippen LogP contribution < -0.4 is 5.32 Å². The van der Waals surface area contributed by atoms with Gasteiger partial charge in [0.2, 0.25) is 0 Å². The van der Waals surface area contributed by atoms with Crippen molar-refractivity contribution in [2.75, 3.05) is 12.4 Å². The molecule has 41 heavy (non-hydrogen) atoms. The van der Waals surface area contributed by atoms with Crippen LogP contribution in [-0.2, 0) is 9.53 Å². The molecule has 1 unspecified atom stereocenters. The molecule has 1 aliphatic rings. The molecule has 0 bridgehead atoms. The number of allylic oxidation sites excluding steroid dienone is 1. The van der Waals surface area contributed by atoms with Crippen LogP contribution in [0.1, 0.15) is 67.5 Å². The lowest BCUT2D eigenvalue weighted by Gasteiger charge is -2.34. The fourth-order valence-electron chi connectivity index (χ4n) is 5.07. The van der Waals surface area contributed by atoms with Gasteiger partial charge in [-0.25, -0.2) is 19.0 Å². The number of ether oxygens (including phenoxy) is 1. The van der Waals surface area contributed by atoms with Crippen molar-refractivity contribution in [2.45, 2.75) is 57.5 Å². The molecule has 0 aliphatic heterocycles. The van der Waals surface area contributed by atoms with E-state index < -0.39 is 11.4 Å². The van der Waals surface area contributed by atoms with E-state index >= 15 is 0 Å². The molecule has 1 aliphatic carbocycles. The number of nitrogens with one attached hydrogen (secondary N) is 2. The normalized spacial score (nSPS) is 17.5. The number of pyridine rings is 2. The summed E-state index contributed by atoms with van der Waals surface area (Å²) in [6.45, 7) is 3.96. The average Bonchev–Trinajstić information content (AvgIpc) is 3.63. The number of nitriles is 1. The van der Waals surface area contributed by atoms with Crippen molar-refractivity contribution in [2.24, 2.45) is 0 Å². The number of aromatic nitrogens is 6. The predicted molar refractivity (Wildman–Crippen MR) is 151 cm³/mol. The Kier molecular flexibility index (Phi) is 8.03. The monoisotopic (exact) mass is 554 g/mol. The second-order valence-electron chi connectivity index (χ2n) is 10.3. The third kappa shape index (κ3) is 6.07. The van der Waals surface area contributed by atoms with Crippen LogP contribution in [0.4, 0.5) is 16.0 Å². The van der Waals surface area contributed by atoms with Crippen LogP contribution >= 0.6 is 0 Å². The zero-order chi connectivity index (χ0) is 29.0. The fourth-order valence-corrected chi connectivity index (χ4v) is 5.07. The Labute approximate surface area is 237 Å². The molecule has 210 valence electrons. The molecule has 0 aromatic carbocycles. The molecule has 4 aromatic heterocycles. The second kappa shape index (κ2) is 11.8. The molecule has 10 nitrogen and oxygen atoms in total. The SMILES string of the molecule is COC1(C(=O)CC[C@@H](C)c2ccc(-n3cc(F)cn3)nc2)CC=C(c2nc(Nc3cc(C)[nH]n3)ccc2C#N)CC1. The van der Waals surface area contributed by atoms with E-state index in [1.165, 1.54) is 10.9 Å². The first-order valence-electron chi connectivity index (χ1n) is 13.4. The van der Waals surface area contributed by atoms with E-state index in [-0.39, 0.29) is 11.7 Å². The van der Waals surface area contributed by atoms with Crippen molar-refractivity contribution >= 4 is 23.0 Å².